The molecule has 2 aromatic carbocycles. The van der Waals surface area contributed by atoms with Crippen LogP contribution in [-0.4, -0.2) is 17.1 Å². The van der Waals surface area contributed by atoms with E-state index in [0.29, 0.717) is 6.42 Å². The van der Waals surface area contributed by atoms with Crippen LogP contribution in [-0.2, 0) is 6.42 Å². The Labute approximate surface area is 177 Å². The molecule has 1 aliphatic rings. The number of allylic oxidation sites excluding steroid dienone is 2. The molecule has 6 heteroatoms. The van der Waals surface area contributed by atoms with E-state index in [2.05, 4.69) is 0 Å². The van der Waals surface area contributed by atoms with Gasteiger partial charge in [-0.25, -0.2) is 0 Å². The Hall–Kier alpha value is -0.976. The van der Waals surface area contributed by atoms with Crippen LogP contribution in [0.3, 0.4) is 0 Å². The van der Waals surface area contributed by atoms with E-state index in [-0.39, 0.29) is 54.9 Å². The third-order valence-corrected chi connectivity index (χ3v) is 4.02. The molecule has 125 valence electrons. The van der Waals surface area contributed by atoms with Crippen molar-refractivity contribution in [3.05, 3.63) is 70.5 Å². The molecule has 0 aliphatic heterocycles. The number of aliphatic hydroxyl groups excluding tert-OH is 1. The Morgan fingerprint density at radius 3 is 2.33 bits per heavy atom. The first-order valence-corrected chi connectivity index (χ1v) is 7.02. The van der Waals surface area contributed by atoms with Crippen molar-refractivity contribution in [2.75, 3.05) is 0 Å². The maximum absolute atomic E-state index is 12.5. The summed E-state index contributed by atoms with van der Waals surface area (Å²) < 4.78 is 37.5. The van der Waals surface area contributed by atoms with Crippen LogP contribution in [0.2, 0.25) is 0 Å². The average molecular weight is 470 g/mol. The molecule has 0 aromatic heterocycles. The number of aliphatic hydroxyl groups is 1. The van der Waals surface area contributed by atoms with Gasteiger partial charge in [0.25, 0.3) is 0 Å². The van der Waals surface area contributed by atoms with Crippen LogP contribution in [0.5, 0.6) is 0 Å². The van der Waals surface area contributed by atoms with Gasteiger partial charge >= 0.3 is 6.18 Å². The van der Waals surface area contributed by atoms with Gasteiger partial charge in [0.05, 0.1) is 0 Å². The van der Waals surface area contributed by atoms with Gasteiger partial charge in [-0.1, -0.05) is 36.4 Å². The van der Waals surface area contributed by atoms with E-state index in [9.17, 15) is 18.0 Å². The number of carbonyl (C=O) groups is 1. The zero-order chi connectivity index (χ0) is 16.8. The number of hydrogen-bond acceptors (Lipinski definition) is 2. The van der Waals surface area contributed by atoms with Crippen LogP contribution in [0, 0.1) is 49.4 Å². The topological polar surface area (TPSA) is 37.3 Å². The van der Waals surface area contributed by atoms with Gasteiger partial charge in [-0.05, 0) is 41.7 Å². The van der Waals surface area contributed by atoms with Gasteiger partial charge in [0, 0.05) is 60.5 Å². The van der Waals surface area contributed by atoms with Gasteiger partial charge in [0.15, 0.2) is 5.78 Å². The van der Waals surface area contributed by atoms with Gasteiger partial charge in [-0.2, -0.15) is 13.2 Å². The molecular weight excluding hydrogens is 457 g/mol. The first kappa shape index (κ1) is 19.4. The molecule has 2 aromatic rings. The molecule has 0 fully saturated rings. The van der Waals surface area contributed by atoms with Gasteiger partial charge in [0.1, 0.15) is 0 Å². The maximum Gasteiger partial charge on any atom is 0.449 e. The van der Waals surface area contributed by atoms with Crippen LogP contribution in [0.1, 0.15) is 28.4 Å². The predicted molar refractivity (Wildman–Crippen MR) is 80.4 cm³/mol. The van der Waals surface area contributed by atoms with Crippen LogP contribution in [0.15, 0.2) is 53.8 Å². The normalized spacial score (nSPS) is 13.5. The zero-order valence-electron chi connectivity index (χ0n) is 12.6. The quantitative estimate of drug-likeness (QED) is 0.331. The maximum atomic E-state index is 12.5. The van der Waals surface area contributed by atoms with E-state index >= 15 is 0 Å². The van der Waals surface area contributed by atoms with Crippen molar-refractivity contribution in [3.8, 4) is 11.1 Å². The summed E-state index contributed by atoms with van der Waals surface area (Å²) in [6.07, 6.45) is -4.28. The van der Waals surface area contributed by atoms with Crippen LogP contribution in [0.4, 0.5) is 13.2 Å². The number of ketones is 1. The largest absolute Gasteiger partial charge is 0.504 e. The van der Waals surface area contributed by atoms with Crippen LogP contribution < -0.4 is 0 Å². The molecule has 0 bridgehead atoms. The van der Waals surface area contributed by atoms with Gasteiger partial charge in [0.2, 0.25) is 5.76 Å². The Bertz CT molecular complexity index is 838. The first-order chi connectivity index (χ1) is 10.8. The first-order valence-electron chi connectivity index (χ1n) is 7.02. The van der Waals surface area contributed by atoms with E-state index in [1.807, 2.05) is 24.3 Å². The molecule has 0 unspecified atom stereocenters. The molecule has 0 amide bonds. The van der Waals surface area contributed by atoms with Crippen molar-refractivity contribution in [1.82, 2.24) is 0 Å². The number of benzene rings is 2. The second kappa shape index (κ2) is 7.10. The third-order valence-electron chi connectivity index (χ3n) is 4.02. The summed E-state index contributed by atoms with van der Waals surface area (Å²) in [5.74, 6) is -2.66. The van der Waals surface area contributed by atoms with Crippen molar-refractivity contribution < 1.29 is 72.4 Å². The summed E-state index contributed by atoms with van der Waals surface area (Å²) in [7, 11) is 0. The smallest absolute Gasteiger partial charge is 0.449 e. The summed E-state index contributed by atoms with van der Waals surface area (Å²) in [4.78, 5) is 12.2. The zero-order valence-corrected chi connectivity index (χ0v) is 15.0. The van der Waals surface area contributed by atoms with E-state index < -0.39 is 23.3 Å². The van der Waals surface area contributed by atoms with Gasteiger partial charge in [-0.15, -0.1) is 0 Å². The summed E-state index contributed by atoms with van der Waals surface area (Å²) in [6.45, 7) is 0.979. The third kappa shape index (κ3) is 3.51. The van der Waals surface area contributed by atoms with E-state index in [4.69, 9.17) is 5.11 Å². The Morgan fingerprint density at radius 1 is 1.04 bits per heavy atom. The minimum absolute atomic E-state index is 0. The molecule has 3 rings (SSSR count). The second-order valence-electron chi connectivity index (χ2n) is 5.51. The molecule has 1 aliphatic carbocycles. The van der Waals surface area contributed by atoms with E-state index in [0.717, 1.165) is 29.2 Å². The van der Waals surface area contributed by atoms with Crippen LogP contribution in [0.25, 0.3) is 11.1 Å². The summed E-state index contributed by atoms with van der Waals surface area (Å²) in [5, 5.41) is 9.16. The molecule has 1 N–H and O–H groups in total. The summed E-state index contributed by atoms with van der Waals surface area (Å²) >= 11 is 0. The molecule has 24 heavy (non-hydrogen) atoms. The molecule has 1 radical (unpaired) electrons. The Morgan fingerprint density at radius 2 is 1.67 bits per heavy atom. The number of Topliss-reactive ketones (excluding diaryl/α,β-unsaturated/α-hetero) is 1. The number of halogens is 3. The van der Waals surface area contributed by atoms with Gasteiger partial charge < -0.3 is 5.11 Å². The molecule has 0 saturated heterocycles. The van der Waals surface area contributed by atoms with Crippen molar-refractivity contribution in [3.63, 3.8) is 0 Å². The number of hydrogen-bond donors (Lipinski definition) is 1. The number of rotatable bonds is 2. The number of fused-ring (bicyclic) bond motifs is 3. The van der Waals surface area contributed by atoms with E-state index in [1.165, 1.54) is 6.07 Å². The molecular formula is C18H13EuF3O2. The number of carbonyl (C=O) groups excluding carboxylic acids is 1. The fourth-order valence-electron chi connectivity index (χ4n) is 2.82. The molecule has 2 nitrogen and oxygen atoms in total. The van der Waals surface area contributed by atoms with E-state index in [1.54, 1.807) is 12.1 Å². The second-order valence-corrected chi connectivity index (χ2v) is 5.51. The monoisotopic (exact) mass is 471 g/mol. The summed E-state index contributed by atoms with van der Waals surface area (Å²) in [5.41, 5.74) is 3.53. The molecule has 0 atom stereocenters. The average Bonchev–Trinajstić information content (AvgIpc) is 2.89. The fraction of sp³-hybridized carbons (Fsp3) is 0.167. The van der Waals surface area contributed by atoms with Crippen molar-refractivity contribution in [2.24, 2.45) is 0 Å². The SMILES string of the molecule is C/C(C(=O)c1ccc2c(c1)Cc1ccccc1-2)=C(/O)C(F)(F)F.[Eu]. The van der Waals surface area contributed by atoms with Crippen LogP contribution >= 0.6 is 0 Å². The van der Waals surface area contributed by atoms with Crippen molar-refractivity contribution in [1.29, 1.82) is 0 Å². The Balaban J connectivity index is 0.00000208. The fourth-order valence-corrected chi connectivity index (χ4v) is 2.82. The minimum Gasteiger partial charge on any atom is -0.504 e. The molecule has 0 spiro atoms. The number of alkyl halides is 3. The van der Waals surface area contributed by atoms with Crippen molar-refractivity contribution in [2.45, 2.75) is 19.5 Å². The standard InChI is InChI=1S/C18H13F3O2.Eu/c1-10(17(23)18(19,20)21)16(22)12-6-7-15-13(9-12)8-11-4-2-3-5-14(11)15;/h2-7,9,23H,8H2,1H3;/b17-10-;. The molecule has 0 saturated carbocycles. The minimum atomic E-state index is -4.92. The molecule has 0 heterocycles. The van der Waals surface area contributed by atoms with Gasteiger partial charge in [-0.3, -0.25) is 4.79 Å². The van der Waals surface area contributed by atoms with Crippen molar-refractivity contribution >= 4 is 5.78 Å². The Kier molecular flexibility index (Phi) is 5.73. The predicted octanol–water partition coefficient (Wildman–Crippen LogP) is 4.83. The summed E-state index contributed by atoms with van der Waals surface area (Å²) in [6, 6.07) is 12.6.